The molecule has 0 fully saturated rings. The van der Waals surface area contributed by atoms with E-state index in [2.05, 4.69) is 22.3 Å². The van der Waals surface area contributed by atoms with Gasteiger partial charge in [-0.3, -0.25) is 9.36 Å². The van der Waals surface area contributed by atoms with Crippen LogP contribution in [0, 0.1) is 0 Å². The molecule has 0 bridgehead atoms. The van der Waals surface area contributed by atoms with E-state index in [4.69, 9.17) is 9.51 Å². The average Bonchev–Trinajstić information content (AvgIpc) is 3.25. The first-order valence-corrected chi connectivity index (χ1v) is 11.4. The summed E-state index contributed by atoms with van der Waals surface area (Å²) in [6, 6.07) is 17.8. The van der Waals surface area contributed by atoms with E-state index in [1.165, 1.54) is 17.3 Å². The standard InChI is InChI=1S/C24H26N4O2S/c1-24(2,3)22-26-20(30-27-22)16-31-23-25-19-14-8-7-13-18(19)21(29)28(23)15-9-12-17-10-5-4-6-11-17/h4-8,10-11,13-14H,9,12,15-16H2,1-3H3. The Kier molecular flexibility index (Phi) is 6.23. The second-order valence-electron chi connectivity index (χ2n) is 8.51. The van der Waals surface area contributed by atoms with Crippen LogP contribution in [-0.4, -0.2) is 19.7 Å². The molecule has 0 aliphatic carbocycles. The summed E-state index contributed by atoms with van der Waals surface area (Å²) < 4.78 is 7.19. The first-order chi connectivity index (χ1) is 14.9. The summed E-state index contributed by atoms with van der Waals surface area (Å²) in [7, 11) is 0. The van der Waals surface area contributed by atoms with Crippen LogP contribution in [0.3, 0.4) is 0 Å². The minimum absolute atomic E-state index is 0.0120. The summed E-state index contributed by atoms with van der Waals surface area (Å²) in [5.74, 6) is 1.68. The predicted molar refractivity (Wildman–Crippen MR) is 123 cm³/mol. The minimum atomic E-state index is -0.173. The smallest absolute Gasteiger partial charge is 0.262 e. The molecule has 0 saturated carbocycles. The van der Waals surface area contributed by atoms with Gasteiger partial charge in [-0.1, -0.05) is 80.2 Å². The Morgan fingerprint density at radius 1 is 1.00 bits per heavy atom. The topological polar surface area (TPSA) is 73.8 Å². The summed E-state index contributed by atoms with van der Waals surface area (Å²) in [6.45, 7) is 6.74. The van der Waals surface area contributed by atoms with Crippen LogP contribution < -0.4 is 5.56 Å². The van der Waals surface area contributed by atoms with Gasteiger partial charge in [-0.15, -0.1) is 0 Å². The van der Waals surface area contributed by atoms with Crippen LogP contribution in [0.15, 0.2) is 69.1 Å². The molecule has 0 saturated heterocycles. The van der Waals surface area contributed by atoms with Gasteiger partial charge in [0.25, 0.3) is 5.56 Å². The maximum absolute atomic E-state index is 13.2. The van der Waals surface area contributed by atoms with Crippen molar-refractivity contribution in [1.82, 2.24) is 19.7 Å². The van der Waals surface area contributed by atoms with Crippen molar-refractivity contribution < 1.29 is 4.52 Å². The van der Waals surface area contributed by atoms with Crippen LogP contribution in [0.2, 0.25) is 0 Å². The number of hydrogen-bond donors (Lipinski definition) is 0. The molecule has 0 radical (unpaired) electrons. The number of rotatable bonds is 7. The van der Waals surface area contributed by atoms with Gasteiger partial charge in [-0.25, -0.2) is 4.98 Å². The van der Waals surface area contributed by atoms with Gasteiger partial charge >= 0.3 is 0 Å². The molecule has 0 unspecified atom stereocenters. The fraction of sp³-hybridized carbons (Fsp3) is 0.333. The quantitative estimate of drug-likeness (QED) is 0.301. The third-order valence-corrected chi connectivity index (χ3v) is 5.94. The van der Waals surface area contributed by atoms with E-state index in [0.717, 1.165) is 12.8 Å². The third kappa shape index (κ3) is 5.05. The molecule has 0 aliphatic rings. The van der Waals surface area contributed by atoms with Crippen LogP contribution in [0.25, 0.3) is 10.9 Å². The van der Waals surface area contributed by atoms with Crippen molar-refractivity contribution in [3.8, 4) is 0 Å². The molecule has 4 rings (SSSR count). The van der Waals surface area contributed by atoms with Crippen molar-refractivity contribution in [3.63, 3.8) is 0 Å². The number of nitrogens with zero attached hydrogens (tertiary/aromatic N) is 4. The molecule has 2 heterocycles. The molecule has 4 aromatic rings. The Morgan fingerprint density at radius 2 is 1.74 bits per heavy atom. The van der Waals surface area contributed by atoms with Gasteiger partial charge in [-0.2, -0.15) is 4.98 Å². The normalized spacial score (nSPS) is 11.8. The lowest BCUT2D eigenvalue weighted by Crippen LogP contribution is -2.23. The monoisotopic (exact) mass is 434 g/mol. The fourth-order valence-corrected chi connectivity index (χ4v) is 4.15. The molecule has 7 heteroatoms. The van der Waals surface area contributed by atoms with Crippen molar-refractivity contribution in [2.75, 3.05) is 0 Å². The number of fused-ring (bicyclic) bond motifs is 1. The van der Waals surface area contributed by atoms with Crippen LogP contribution in [0.1, 0.15) is 44.5 Å². The van der Waals surface area contributed by atoms with Gasteiger partial charge in [0.05, 0.1) is 16.7 Å². The fourth-order valence-electron chi connectivity index (χ4n) is 3.29. The van der Waals surface area contributed by atoms with Crippen LogP contribution >= 0.6 is 11.8 Å². The second-order valence-corrected chi connectivity index (χ2v) is 9.45. The Bertz CT molecular complexity index is 1230. The molecule has 6 nitrogen and oxygen atoms in total. The molecule has 0 N–H and O–H groups in total. The lowest BCUT2D eigenvalue weighted by atomic mass is 9.96. The Balaban J connectivity index is 1.57. The van der Waals surface area contributed by atoms with E-state index in [-0.39, 0.29) is 11.0 Å². The zero-order valence-corrected chi connectivity index (χ0v) is 18.9. The number of aromatic nitrogens is 4. The number of benzene rings is 2. The Hall–Kier alpha value is -2.93. The minimum Gasteiger partial charge on any atom is -0.338 e. The van der Waals surface area contributed by atoms with Crippen molar-refractivity contribution in [2.24, 2.45) is 0 Å². The first-order valence-electron chi connectivity index (χ1n) is 10.4. The average molecular weight is 435 g/mol. The summed E-state index contributed by atoms with van der Waals surface area (Å²) in [6.07, 6.45) is 1.76. The van der Waals surface area contributed by atoms with E-state index in [0.29, 0.717) is 40.1 Å². The van der Waals surface area contributed by atoms with Crippen molar-refractivity contribution in [1.29, 1.82) is 0 Å². The molecule has 0 aliphatic heterocycles. The summed E-state index contributed by atoms with van der Waals surface area (Å²) in [5.41, 5.74) is 1.78. The van der Waals surface area contributed by atoms with Crippen LogP contribution in [0.5, 0.6) is 0 Å². The van der Waals surface area contributed by atoms with Gasteiger partial charge in [0.2, 0.25) is 5.89 Å². The highest BCUT2D eigenvalue weighted by molar-refractivity contribution is 7.98. The van der Waals surface area contributed by atoms with Gasteiger partial charge in [0.1, 0.15) is 0 Å². The van der Waals surface area contributed by atoms with Crippen LogP contribution in [0.4, 0.5) is 0 Å². The number of hydrogen-bond acceptors (Lipinski definition) is 6. The van der Waals surface area contributed by atoms with Crippen molar-refractivity contribution in [2.45, 2.75) is 56.5 Å². The van der Waals surface area contributed by atoms with E-state index < -0.39 is 0 Å². The molecular formula is C24H26N4O2S. The van der Waals surface area contributed by atoms with Gasteiger partial charge < -0.3 is 4.52 Å². The van der Waals surface area contributed by atoms with Crippen molar-refractivity contribution >= 4 is 22.7 Å². The largest absolute Gasteiger partial charge is 0.338 e. The van der Waals surface area contributed by atoms with Crippen LogP contribution in [-0.2, 0) is 24.1 Å². The molecule has 0 spiro atoms. The molecule has 0 amide bonds. The molecule has 31 heavy (non-hydrogen) atoms. The molecule has 160 valence electrons. The summed E-state index contributed by atoms with van der Waals surface area (Å²) >= 11 is 1.45. The highest BCUT2D eigenvalue weighted by Crippen LogP contribution is 2.24. The highest BCUT2D eigenvalue weighted by atomic mass is 32.2. The zero-order chi connectivity index (χ0) is 21.8. The molecule has 2 aromatic carbocycles. The highest BCUT2D eigenvalue weighted by Gasteiger charge is 2.21. The Labute approximate surface area is 185 Å². The molecule has 2 aromatic heterocycles. The van der Waals surface area contributed by atoms with E-state index in [1.807, 2.05) is 63.2 Å². The number of para-hydroxylation sites is 1. The van der Waals surface area contributed by atoms with Gasteiger partial charge in [-0.05, 0) is 30.5 Å². The van der Waals surface area contributed by atoms with E-state index in [9.17, 15) is 4.79 Å². The maximum Gasteiger partial charge on any atom is 0.262 e. The van der Waals surface area contributed by atoms with Crippen molar-refractivity contribution in [3.05, 3.63) is 82.2 Å². The zero-order valence-electron chi connectivity index (χ0n) is 18.0. The lowest BCUT2D eigenvalue weighted by molar-refractivity contribution is 0.372. The SMILES string of the molecule is CC(C)(C)c1noc(CSc2nc3ccccc3c(=O)n2CCCc2ccccc2)n1. The van der Waals surface area contributed by atoms with E-state index >= 15 is 0 Å². The maximum atomic E-state index is 13.2. The van der Waals surface area contributed by atoms with Gasteiger partial charge in [0.15, 0.2) is 11.0 Å². The lowest BCUT2D eigenvalue weighted by Gasteiger charge is -2.13. The number of thioether (sulfide) groups is 1. The molecular weight excluding hydrogens is 408 g/mol. The summed E-state index contributed by atoms with van der Waals surface area (Å²) in [4.78, 5) is 22.5. The first kappa shape index (κ1) is 21.3. The summed E-state index contributed by atoms with van der Waals surface area (Å²) in [5, 5.41) is 5.40. The second kappa shape index (κ2) is 9.06. The Morgan fingerprint density at radius 3 is 2.48 bits per heavy atom. The van der Waals surface area contributed by atoms with Gasteiger partial charge in [0, 0.05) is 12.0 Å². The molecule has 0 atom stereocenters. The number of aryl methyl sites for hydroxylation is 1. The third-order valence-electron chi connectivity index (χ3n) is 4.98. The van der Waals surface area contributed by atoms with E-state index in [1.54, 1.807) is 4.57 Å². The predicted octanol–water partition coefficient (Wildman–Crippen LogP) is 5.00.